The molecule has 1 atom stereocenters. The highest BCUT2D eigenvalue weighted by atomic mass is 35.5. The van der Waals surface area contributed by atoms with Crippen LogP contribution in [0.15, 0.2) is 48.5 Å². The number of halogens is 1. The highest BCUT2D eigenvalue weighted by molar-refractivity contribution is 6.31. The molecule has 3 rings (SSSR count). The second kappa shape index (κ2) is 9.93. The summed E-state index contributed by atoms with van der Waals surface area (Å²) in [5.41, 5.74) is 2.90. The Morgan fingerprint density at radius 2 is 1.86 bits per heavy atom. The van der Waals surface area contributed by atoms with Crippen molar-refractivity contribution in [2.24, 2.45) is 0 Å². The van der Waals surface area contributed by atoms with Gasteiger partial charge in [0.25, 0.3) is 0 Å². The van der Waals surface area contributed by atoms with Gasteiger partial charge < -0.3 is 10.2 Å². The fourth-order valence-corrected chi connectivity index (χ4v) is 4.08. The number of benzene rings is 2. The van der Waals surface area contributed by atoms with Gasteiger partial charge in [0, 0.05) is 17.6 Å². The Labute approximate surface area is 178 Å². The largest absolute Gasteiger partial charge is 0.352 e. The SMILES string of the molecule is Cc1cccc(CC(=O)N(Cc2ccccc2Cl)[C@H](C)C(=O)NC2CCCC2)c1. The molecule has 0 aromatic heterocycles. The molecule has 1 aliphatic rings. The van der Waals surface area contributed by atoms with Crippen LogP contribution in [0.3, 0.4) is 0 Å². The van der Waals surface area contributed by atoms with Gasteiger partial charge in [-0.2, -0.15) is 0 Å². The standard InChI is InChI=1S/C24H29ClN2O2/c1-17-8-7-9-19(14-17)15-23(28)27(16-20-10-3-6-13-22(20)25)18(2)24(29)26-21-11-4-5-12-21/h3,6-10,13-14,18,21H,4-5,11-12,15-16H2,1-2H3,(H,26,29)/t18-/m1/s1. The Bertz CT molecular complexity index is 861. The molecule has 0 saturated heterocycles. The maximum absolute atomic E-state index is 13.2. The number of nitrogens with zero attached hydrogens (tertiary/aromatic N) is 1. The first-order valence-electron chi connectivity index (χ1n) is 10.3. The molecule has 0 unspecified atom stereocenters. The number of aryl methyl sites for hydroxylation is 1. The van der Waals surface area contributed by atoms with Crippen molar-refractivity contribution in [3.8, 4) is 0 Å². The lowest BCUT2D eigenvalue weighted by molar-refractivity contribution is -0.140. The summed E-state index contributed by atoms with van der Waals surface area (Å²) < 4.78 is 0. The maximum Gasteiger partial charge on any atom is 0.242 e. The van der Waals surface area contributed by atoms with Crippen molar-refractivity contribution in [2.45, 2.75) is 64.6 Å². The molecule has 29 heavy (non-hydrogen) atoms. The summed E-state index contributed by atoms with van der Waals surface area (Å²) in [6.07, 6.45) is 4.58. The second-order valence-corrected chi connectivity index (χ2v) is 8.35. The van der Waals surface area contributed by atoms with Crippen molar-refractivity contribution in [3.05, 3.63) is 70.2 Å². The van der Waals surface area contributed by atoms with E-state index in [1.54, 1.807) is 11.8 Å². The Balaban J connectivity index is 1.78. The van der Waals surface area contributed by atoms with Crippen molar-refractivity contribution in [2.75, 3.05) is 0 Å². The van der Waals surface area contributed by atoms with Gasteiger partial charge in [-0.05, 0) is 43.9 Å². The summed E-state index contributed by atoms with van der Waals surface area (Å²) >= 11 is 6.34. The van der Waals surface area contributed by atoms with Crippen LogP contribution in [0.2, 0.25) is 5.02 Å². The van der Waals surface area contributed by atoms with Crippen LogP contribution in [0.4, 0.5) is 0 Å². The fraction of sp³-hybridized carbons (Fsp3) is 0.417. The van der Waals surface area contributed by atoms with Crippen LogP contribution in [-0.2, 0) is 22.6 Å². The average molecular weight is 413 g/mol. The average Bonchev–Trinajstić information content (AvgIpc) is 3.19. The molecule has 154 valence electrons. The van der Waals surface area contributed by atoms with E-state index in [9.17, 15) is 9.59 Å². The van der Waals surface area contributed by atoms with Crippen LogP contribution in [0.1, 0.15) is 49.3 Å². The molecule has 0 radical (unpaired) electrons. The highest BCUT2D eigenvalue weighted by Gasteiger charge is 2.28. The van der Waals surface area contributed by atoms with Gasteiger partial charge >= 0.3 is 0 Å². The maximum atomic E-state index is 13.2. The minimum atomic E-state index is -0.566. The van der Waals surface area contributed by atoms with E-state index < -0.39 is 6.04 Å². The number of hydrogen-bond acceptors (Lipinski definition) is 2. The van der Waals surface area contributed by atoms with Gasteiger partial charge in [-0.15, -0.1) is 0 Å². The Hall–Kier alpha value is -2.33. The van der Waals surface area contributed by atoms with E-state index in [1.807, 2.05) is 55.5 Å². The number of amides is 2. The number of carbonyl (C=O) groups excluding carboxylic acids is 2. The zero-order valence-corrected chi connectivity index (χ0v) is 17.9. The van der Waals surface area contributed by atoms with E-state index in [2.05, 4.69) is 5.32 Å². The molecule has 0 aliphatic heterocycles. The van der Waals surface area contributed by atoms with E-state index in [1.165, 1.54) is 0 Å². The molecule has 2 amide bonds. The van der Waals surface area contributed by atoms with Crippen molar-refractivity contribution in [3.63, 3.8) is 0 Å². The van der Waals surface area contributed by atoms with Crippen LogP contribution < -0.4 is 5.32 Å². The lowest BCUT2D eigenvalue weighted by atomic mass is 10.1. The van der Waals surface area contributed by atoms with Crippen molar-refractivity contribution < 1.29 is 9.59 Å². The third-order valence-corrected chi connectivity index (χ3v) is 5.97. The Morgan fingerprint density at radius 3 is 2.55 bits per heavy atom. The van der Waals surface area contributed by atoms with E-state index >= 15 is 0 Å². The lowest BCUT2D eigenvalue weighted by Gasteiger charge is -2.30. The van der Waals surface area contributed by atoms with Crippen molar-refractivity contribution >= 4 is 23.4 Å². The van der Waals surface area contributed by atoms with E-state index in [4.69, 9.17) is 11.6 Å². The molecule has 0 spiro atoms. The molecule has 0 heterocycles. The Kier molecular flexibility index (Phi) is 7.32. The summed E-state index contributed by atoms with van der Waals surface area (Å²) in [6, 6.07) is 15.0. The first-order valence-corrected chi connectivity index (χ1v) is 10.7. The highest BCUT2D eigenvalue weighted by Crippen LogP contribution is 2.21. The van der Waals surface area contributed by atoms with E-state index in [0.717, 1.165) is 42.4 Å². The van der Waals surface area contributed by atoms with Gasteiger partial charge in [-0.3, -0.25) is 9.59 Å². The quantitative estimate of drug-likeness (QED) is 0.718. The van der Waals surface area contributed by atoms with Gasteiger partial charge in [0.2, 0.25) is 11.8 Å². The number of carbonyl (C=O) groups is 2. The predicted octanol–water partition coefficient (Wildman–Crippen LogP) is 4.67. The first-order chi connectivity index (χ1) is 13.9. The number of hydrogen-bond donors (Lipinski definition) is 1. The van der Waals surface area contributed by atoms with Crippen LogP contribution in [0, 0.1) is 6.92 Å². The van der Waals surface area contributed by atoms with Gasteiger partial charge in [0.15, 0.2) is 0 Å². The molecule has 5 heteroatoms. The Morgan fingerprint density at radius 1 is 1.14 bits per heavy atom. The zero-order valence-electron chi connectivity index (χ0n) is 17.2. The summed E-state index contributed by atoms with van der Waals surface area (Å²) in [5, 5.41) is 3.72. The summed E-state index contributed by atoms with van der Waals surface area (Å²) in [6.45, 7) is 4.12. The van der Waals surface area contributed by atoms with Gasteiger partial charge in [0.05, 0.1) is 6.42 Å². The van der Waals surface area contributed by atoms with Gasteiger partial charge in [-0.25, -0.2) is 0 Å². The third kappa shape index (κ3) is 5.83. The van der Waals surface area contributed by atoms with Gasteiger partial charge in [0.1, 0.15) is 6.04 Å². The predicted molar refractivity (Wildman–Crippen MR) is 117 cm³/mol. The molecule has 4 nitrogen and oxygen atoms in total. The second-order valence-electron chi connectivity index (χ2n) is 7.94. The topological polar surface area (TPSA) is 49.4 Å². The summed E-state index contributed by atoms with van der Waals surface area (Å²) in [7, 11) is 0. The number of rotatable bonds is 7. The fourth-order valence-electron chi connectivity index (χ4n) is 3.88. The molecule has 2 aromatic carbocycles. The van der Waals surface area contributed by atoms with Gasteiger partial charge in [-0.1, -0.05) is 72.5 Å². The molecule has 1 aliphatic carbocycles. The molecule has 1 saturated carbocycles. The normalized spacial score (nSPS) is 15.1. The molecule has 1 fully saturated rings. The lowest BCUT2D eigenvalue weighted by Crippen LogP contribution is -2.50. The molecule has 1 N–H and O–H groups in total. The third-order valence-electron chi connectivity index (χ3n) is 5.61. The molecular weight excluding hydrogens is 384 g/mol. The molecule has 2 aromatic rings. The smallest absolute Gasteiger partial charge is 0.242 e. The van der Waals surface area contributed by atoms with Crippen LogP contribution in [-0.4, -0.2) is 28.8 Å². The minimum absolute atomic E-state index is 0.0791. The summed E-state index contributed by atoms with van der Waals surface area (Å²) in [4.78, 5) is 27.8. The summed E-state index contributed by atoms with van der Waals surface area (Å²) in [5.74, 6) is -0.175. The van der Waals surface area contributed by atoms with Crippen LogP contribution in [0.5, 0.6) is 0 Å². The molecule has 0 bridgehead atoms. The van der Waals surface area contributed by atoms with Crippen molar-refractivity contribution in [1.82, 2.24) is 10.2 Å². The monoisotopic (exact) mass is 412 g/mol. The minimum Gasteiger partial charge on any atom is -0.352 e. The van der Waals surface area contributed by atoms with E-state index in [0.29, 0.717) is 11.6 Å². The first kappa shape index (κ1) is 21.4. The van der Waals surface area contributed by atoms with E-state index in [-0.39, 0.29) is 24.3 Å². The van der Waals surface area contributed by atoms with Crippen LogP contribution >= 0.6 is 11.6 Å². The van der Waals surface area contributed by atoms with Crippen molar-refractivity contribution in [1.29, 1.82) is 0 Å². The zero-order chi connectivity index (χ0) is 20.8. The number of nitrogens with one attached hydrogen (secondary N) is 1. The molecular formula is C24H29ClN2O2. The van der Waals surface area contributed by atoms with Crippen LogP contribution in [0.25, 0.3) is 0 Å².